The van der Waals surface area contributed by atoms with Crippen LogP contribution in [-0.2, 0) is 13.6 Å². The van der Waals surface area contributed by atoms with E-state index in [0.717, 1.165) is 22.5 Å². The molecule has 5 nitrogen and oxygen atoms in total. The Morgan fingerprint density at radius 1 is 1.30 bits per heavy atom. The molecule has 0 spiro atoms. The predicted molar refractivity (Wildman–Crippen MR) is 94.7 cm³/mol. The largest absolute Gasteiger partial charge is 0.334 e. The van der Waals surface area contributed by atoms with E-state index in [9.17, 15) is 4.79 Å². The standard InChI is InChI=1S/C17H24N4OS/c1-11(16-12(2)20-21(4)13(16)3)19-17(22)18-10-14-6-8-15(23-5)9-7-14/h6-9,11H,10H2,1-5H3,(H2,18,19,22). The molecule has 6 heteroatoms. The predicted octanol–water partition coefficient (Wildman–Crippen LogP) is 3.32. The van der Waals surface area contributed by atoms with Gasteiger partial charge in [-0.3, -0.25) is 4.68 Å². The molecule has 2 amide bonds. The van der Waals surface area contributed by atoms with E-state index < -0.39 is 0 Å². The van der Waals surface area contributed by atoms with Crippen LogP contribution < -0.4 is 10.6 Å². The number of nitrogens with one attached hydrogen (secondary N) is 2. The van der Waals surface area contributed by atoms with Gasteiger partial charge in [-0.25, -0.2) is 4.79 Å². The molecule has 1 unspecified atom stereocenters. The molecule has 1 aromatic heterocycles. The minimum absolute atomic E-state index is 0.0810. The van der Waals surface area contributed by atoms with Crippen LogP contribution in [0.4, 0.5) is 4.79 Å². The van der Waals surface area contributed by atoms with E-state index >= 15 is 0 Å². The fourth-order valence-corrected chi connectivity index (χ4v) is 3.07. The van der Waals surface area contributed by atoms with Gasteiger partial charge in [0.25, 0.3) is 0 Å². The molecule has 1 heterocycles. The minimum atomic E-state index is -0.172. The maximum absolute atomic E-state index is 12.1. The Kier molecular flexibility index (Phi) is 5.71. The van der Waals surface area contributed by atoms with Gasteiger partial charge < -0.3 is 10.6 Å². The van der Waals surface area contributed by atoms with Crippen molar-refractivity contribution in [2.24, 2.45) is 7.05 Å². The van der Waals surface area contributed by atoms with E-state index in [1.165, 1.54) is 4.90 Å². The van der Waals surface area contributed by atoms with Gasteiger partial charge in [-0.1, -0.05) is 12.1 Å². The van der Waals surface area contributed by atoms with Gasteiger partial charge in [0.05, 0.1) is 11.7 Å². The summed E-state index contributed by atoms with van der Waals surface area (Å²) in [6.07, 6.45) is 2.05. The van der Waals surface area contributed by atoms with Crippen LogP contribution in [0.25, 0.3) is 0 Å². The van der Waals surface area contributed by atoms with Gasteiger partial charge >= 0.3 is 6.03 Å². The zero-order chi connectivity index (χ0) is 17.0. The van der Waals surface area contributed by atoms with Crippen LogP contribution >= 0.6 is 11.8 Å². The van der Waals surface area contributed by atoms with Crippen molar-refractivity contribution in [3.8, 4) is 0 Å². The number of thioether (sulfide) groups is 1. The molecular weight excluding hydrogens is 308 g/mol. The summed E-state index contributed by atoms with van der Waals surface area (Å²) in [6, 6.07) is 7.93. The summed E-state index contributed by atoms with van der Waals surface area (Å²) in [7, 11) is 1.91. The Hall–Kier alpha value is -1.95. The van der Waals surface area contributed by atoms with Gasteiger partial charge in [-0.15, -0.1) is 11.8 Å². The minimum Gasteiger partial charge on any atom is -0.334 e. The normalized spacial score (nSPS) is 12.0. The van der Waals surface area contributed by atoms with E-state index in [2.05, 4.69) is 27.9 Å². The van der Waals surface area contributed by atoms with Crippen molar-refractivity contribution in [3.05, 3.63) is 46.8 Å². The lowest BCUT2D eigenvalue weighted by atomic mass is 10.1. The van der Waals surface area contributed by atoms with Crippen molar-refractivity contribution < 1.29 is 4.79 Å². The lowest BCUT2D eigenvalue weighted by molar-refractivity contribution is 0.237. The van der Waals surface area contributed by atoms with Crippen LogP contribution in [0.1, 0.15) is 35.5 Å². The Morgan fingerprint density at radius 2 is 1.96 bits per heavy atom. The maximum atomic E-state index is 12.1. The molecule has 1 atom stereocenters. The van der Waals surface area contributed by atoms with Crippen LogP contribution in [0.15, 0.2) is 29.2 Å². The Balaban J connectivity index is 1.91. The third kappa shape index (κ3) is 4.28. The number of carbonyl (C=O) groups excluding carboxylic acids is 1. The monoisotopic (exact) mass is 332 g/mol. The third-order valence-corrected chi connectivity index (χ3v) is 4.70. The third-order valence-electron chi connectivity index (χ3n) is 3.96. The zero-order valence-electron chi connectivity index (χ0n) is 14.3. The van der Waals surface area contributed by atoms with E-state index in [1.807, 2.05) is 50.9 Å². The van der Waals surface area contributed by atoms with Crippen molar-refractivity contribution >= 4 is 17.8 Å². The van der Waals surface area contributed by atoms with Gasteiger partial charge in [-0.05, 0) is 44.7 Å². The van der Waals surface area contributed by atoms with Crippen LogP contribution in [0, 0.1) is 13.8 Å². The molecule has 0 aliphatic rings. The van der Waals surface area contributed by atoms with E-state index in [4.69, 9.17) is 0 Å². The highest BCUT2D eigenvalue weighted by molar-refractivity contribution is 7.98. The van der Waals surface area contributed by atoms with Gasteiger partial charge in [0.2, 0.25) is 0 Å². The first kappa shape index (κ1) is 17.4. The van der Waals surface area contributed by atoms with Gasteiger partial charge in [0.1, 0.15) is 0 Å². The lowest BCUT2D eigenvalue weighted by Gasteiger charge is -2.15. The molecule has 0 saturated carbocycles. The number of aryl methyl sites for hydroxylation is 2. The number of hydrogen-bond donors (Lipinski definition) is 2. The number of amides is 2. The lowest BCUT2D eigenvalue weighted by Crippen LogP contribution is -2.36. The number of benzene rings is 1. The van der Waals surface area contributed by atoms with E-state index in [1.54, 1.807) is 11.8 Å². The zero-order valence-corrected chi connectivity index (χ0v) is 15.1. The van der Waals surface area contributed by atoms with Crippen molar-refractivity contribution in [2.45, 2.75) is 38.3 Å². The summed E-state index contributed by atoms with van der Waals surface area (Å²) in [5.41, 5.74) is 4.18. The summed E-state index contributed by atoms with van der Waals surface area (Å²) >= 11 is 1.70. The number of aromatic nitrogens is 2. The molecule has 2 rings (SSSR count). The Bertz CT molecular complexity index is 679. The quantitative estimate of drug-likeness (QED) is 0.826. The summed E-state index contributed by atoms with van der Waals surface area (Å²) in [6.45, 7) is 6.46. The molecule has 0 aliphatic heterocycles. The van der Waals surface area contributed by atoms with Crippen LogP contribution in [0.3, 0.4) is 0 Å². The Labute approximate surface area is 141 Å². The van der Waals surface area contributed by atoms with Crippen LogP contribution in [0.2, 0.25) is 0 Å². The average Bonchev–Trinajstić information content (AvgIpc) is 2.78. The molecule has 2 aromatic rings. The topological polar surface area (TPSA) is 59.0 Å². The van der Waals surface area contributed by atoms with E-state index in [-0.39, 0.29) is 12.1 Å². The SMILES string of the molecule is CSc1ccc(CNC(=O)NC(C)c2c(C)nn(C)c2C)cc1. The molecule has 0 bridgehead atoms. The molecule has 0 aliphatic carbocycles. The number of rotatable bonds is 5. The highest BCUT2D eigenvalue weighted by Crippen LogP contribution is 2.20. The summed E-state index contributed by atoms with van der Waals surface area (Å²) < 4.78 is 1.84. The van der Waals surface area contributed by atoms with Crippen molar-refractivity contribution in [1.82, 2.24) is 20.4 Å². The molecule has 124 valence electrons. The highest BCUT2D eigenvalue weighted by atomic mass is 32.2. The second-order valence-electron chi connectivity index (χ2n) is 5.60. The number of nitrogens with zero attached hydrogens (tertiary/aromatic N) is 2. The first-order valence-corrected chi connectivity index (χ1v) is 8.82. The van der Waals surface area contributed by atoms with Crippen molar-refractivity contribution in [1.29, 1.82) is 0 Å². The first-order chi connectivity index (χ1) is 10.9. The second kappa shape index (κ2) is 7.55. The Morgan fingerprint density at radius 3 is 2.48 bits per heavy atom. The van der Waals surface area contributed by atoms with Gasteiger partial charge in [0, 0.05) is 29.7 Å². The van der Waals surface area contributed by atoms with Gasteiger partial charge in [-0.2, -0.15) is 5.10 Å². The summed E-state index contributed by atoms with van der Waals surface area (Å²) in [5, 5.41) is 10.3. The molecule has 0 radical (unpaired) electrons. The summed E-state index contributed by atoms with van der Waals surface area (Å²) in [4.78, 5) is 13.3. The van der Waals surface area contributed by atoms with Crippen molar-refractivity contribution in [3.63, 3.8) is 0 Å². The summed E-state index contributed by atoms with van der Waals surface area (Å²) in [5.74, 6) is 0. The fourth-order valence-electron chi connectivity index (χ4n) is 2.66. The van der Waals surface area contributed by atoms with E-state index in [0.29, 0.717) is 6.54 Å². The number of urea groups is 1. The molecule has 1 aromatic carbocycles. The highest BCUT2D eigenvalue weighted by Gasteiger charge is 2.17. The van der Waals surface area contributed by atoms with Gasteiger partial charge in [0.15, 0.2) is 0 Å². The van der Waals surface area contributed by atoms with Crippen LogP contribution in [-0.4, -0.2) is 22.1 Å². The maximum Gasteiger partial charge on any atom is 0.315 e. The molecule has 0 fully saturated rings. The van der Waals surface area contributed by atoms with Crippen molar-refractivity contribution in [2.75, 3.05) is 6.26 Å². The fraction of sp³-hybridized carbons (Fsp3) is 0.412. The average molecular weight is 332 g/mol. The number of hydrogen-bond acceptors (Lipinski definition) is 3. The second-order valence-corrected chi connectivity index (χ2v) is 6.48. The number of carbonyl (C=O) groups is 1. The molecular formula is C17H24N4OS. The molecule has 0 saturated heterocycles. The first-order valence-electron chi connectivity index (χ1n) is 7.59. The molecule has 23 heavy (non-hydrogen) atoms. The smallest absolute Gasteiger partial charge is 0.315 e. The molecule has 2 N–H and O–H groups in total. The van der Waals surface area contributed by atoms with Crippen LogP contribution in [0.5, 0.6) is 0 Å².